The Morgan fingerprint density at radius 2 is 2.17 bits per heavy atom. The van der Waals surface area contributed by atoms with Gasteiger partial charge in [0.05, 0.1) is 11.4 Å². The van der Waals surface area contributed by atoms with Crippen LogP contribution in [0.1, 0.15) is 23.5 Å². The monoisotopic (exact) mass is 245 g/mol. The molecule has 0 aromatic carbocycles. The molecular formula is C13H19N5. The van der Waals surface area contributed by atoms with E-state index in [9.17, 15) is 0 Å². The zero-order chi connectivity index (χ0) is 12.8. The van der Waals surface area contributed by atoms with Crippen molar-refractivity contribution in [2.45, 2.75) is 33.4 Å². The first-order chi connectivity index (χ1) is 8.75. The predicted octanol–water partition coefficient (Wildman–Crippen LogP) is 1.47. The van der Waals surface area contributed by atoms with Crippen molar-refractivity contribution in [3.8, 4) is 0 Å². The summed E-state index contributed by atoms with van der Waals surface area (Å²) in [5, 5.41) is 7.79. The largest absolute Gasteiger partial charge is 0.311 e. The highest BCUT2D eigenvalue weighted by molar-refractivity contribution is 5.06. The van der Waals surface area contributed by atoms with E-state index in [-0.39, 0.29) is 0 Å². The Labute approximate surface area is 107 Å². The van der Waals surface area contributed by atoms with Gasteiger partial charge in [-0.1, -0.05) is 0 Å². The maximum absolute atomic E-state index is 4.43. The topological polar surface area (TPSA) is 55.6 Å². The number of nitrogens with one attached hydrogen (secondary N) is 1. The number of aromatic nitrogens is 4. The highest BCUT2D eigenvalue weighted by Crippen LogP contribution is 2.02. The fourth-order valence-electron chi connectivity index (χ4n) is 1.89. The summed E-state index contributed by atoms with van der Waals surface area (Å²) in [4.78, 5) is 8.24. The van der Waals surface area contributed by atoms with Crippen LogP contribution in [-0.4, -0.2) is 26.3 Å². The van der Waals surface area contributed by atoms with Crippen LogP contribution in [0.4, 0.5) is 0 Å². The number of hydrogen-bond donors (Lipinski definition) is 1. The van der Waals surface area contributed by atoms with Crippen molar-refractivity contribution in [3.63, 3.8) is 0 Å². The van der Waals surface area contributed by atoms with Crippen molar-refractivity contribution in [1.29, 1.82) is 0 Å². The maximum atomic E-state index is 4.43. The van der Waals surface area contributed by atoms with E-state index in [1.807, 2.05) is 6.92 Å². The molecule has 0 aliphatic heterocycles. The van der Waals surface area contributed by atoms with Gasteiger partial charge >= 0.3 is 0 Å². The van der Waals surface area contributed by atoms with Gasteiger partial charge in [-0.2, -0.15) is 5.10 Å². The molecule has 0 radical (unpaired) electrons. The van der Waals surface area contributed by atoms with Gasteiger partial charge in [0.15, 0.2) is 0 Å². The molecule has 2 aromatic heterocycles. The van der Waals surface area contributed by atoms with Gasteiger partial charge in [-0.3, -0.25) is 14.6 Å². The molecule has 2 aromatic rings. The number of nitrogens with zero attached hydrogens (tertiary/aromatic N) is 4. The minimum absolute atomic E-state index is 0.769. The zero-order valence-electron chi connectivity index (χ0n) is 10.9. The Bertz CT molecular complexity index is 477. The molecule has 5 nitrogen and oxygen atoms in total. The van der Waals surface area contributed by atoms with Crippen LogP contribution in [-0.2, 0) is 13.1 Å². The Hall–Kier alpha value is -1.75. The Morgan fingerprint density at radius 1 is 1.28 bits per heavy atom. The minimum Gasteiger partial charge on any atom is -0.311 e. The van der Waals surface area contributed by atoms with Gasteiger partial charge in [0.2, 0.25) is 0 Å². The average Bonchev–Trinajstić information content (AvgIpc) is 2.69. The lowest BCUT2D eigenvalue weighted by Gasteiger charge is -2.05. The number of hydrogen-bond acceptors (Lipinski definition) is 4. The van der Waals surface area contributed by atoms with Gasteiger partial charge in [-0.05, 0) is 32.9 Å². The molecule has 0 aliphatic carbocycles. The van der Waals surface area contributed by atoms with Crippen molar-refractivity contribution in [2.24, 2.45) is 0 Å². The van der Waals surface area contributed by atoms with Crippen LogP contribution in [0.5, 0.6) is 0 Å². The third kappa shape index (κ3) is 3.63. The molecule has 5 heteroatoms. The Kier molecular flexibility index (Phi) is 4.41. The smallest absolute Gasteiger partial charge is 0.0724 e. The quantitative estimate of drug-likeness (QED) is 0.783. The molecule has 0 spiro atoms. The van der Waals surface area contributed by atoms with Crippen LogP contribution >= 0.6 is 0 Å². The van der Waals surface area contributed by atoms with Crippen molar-refractivity contribution in [2.75, 3.05) is 6.54 Å². The summed E-state index contributed by atoms with van der Waals surface area (Å²) in [6.07, 6.45) is 6.25. The molecule has 0 amide bonds. The van der Waals surface area contributed by atoms with Crippen molar-refractivity contribution in [3.05, 3.63) is 41.7 Å². The molecule has 1 N–H and O–H groups in total. The van der Waals surface area contributed by atoms with Gasteiger partial charge in [-0.15, -0.1) is 0 Å². The summed E-state index contributed by atoms with van der Waals surface area (Å²) < 4.78 is 2.05. The van der Waals surface area contributed by atoms with Crippen LogP contribution in [0.2, 0.25) is 0 Å². The second kappa shape index (κ2) is 6.26. The van der Waals surface area contributed by atoms with E-state index >= 15 is 0 Å². The molecule has 0 unspecified atom stereocenters. The van der Waals surface area contributed by atoms with Crippen LogP contribution in [0.15, 0.2) is 24.7 Å². The molecule has 0 fully saturated rings. The minimum atomic E-state index is 0.769. The van der Waals surface area contributed by atoms with Crippen LogP contribution in [0.3, 0.4) is 0 Å². The van der Waals surface area contributed by atoms with E-state index in [2.05, 4.69) is 38.1 Å². The third-order valence-corrected chi connectivity index (χ3v) is 2.75. The molecule has 0 atom stereocenters. The van der Waals surface area contributed by atoms with Gasteiger partial charge in [-0.25, -0.2) is 0 Å². The SMILES string of the molecule is Cc1cc(C)n(CCCNCc2cnccn2)n1. The summed E-state index contributed by atoms with van der Waals surface area (Å²) in [5.41, 5.74) is 3.28. The summed E-state index contributed by atoms with van der Waals surface area (Å²) in [6, 6.07) is 2.10. The van der Waals surface area contributed by atoms with E-state index < -0.39 is 0 Å². The first kappa shape index (κ1) is 12.7. The molecule has 2 rings (SSSR count). The molecule has 0 saturated heterocycles. The highest BCUT2D eigenvalue weighted by atomic mass is 15.3. The van der Waals surface area contributed by atoms with Gasteiger partial charge in [0.25, 0.3) is 0 Å². The van der Waals surface area contributed by atoms with Crippen LogP contribution in [0.25, 0.3) is 0 Å². The standard InChI is InChI=1S/C13H19N5/c1-11-8-12(2)18(17-11)7-3-4-14-9-13-10-15-5-6-16-13/h5-6,8,10,14H,3-4,7,9H2,1-2H3. The molecule has 18 heavy (non-hydrogen) atoms. The Balaban J connectivity index is 1.66. The normalized spacial score (nSPS) is 10.8. The lowest BCUT2D eigenvalue weighted by Crippen LogP contribution is -2.17. The fraction of sp³-hybridized carbons (Fsp3) is 0.462. The fourth-order valence-corrected chi connectivity index (χ4v) is 1.89. The zero-order valence-corrected chi connectivity index (χ0v) is 10.9. The van der Waals surface area contributed by atoms with E-state index in [1.165, 1.54) is 5.69 Å². The summed E-state index contributed by atoms with van der Waals surface area (Å²) in [5.74, 6) is 0. The van der Waals surface area contributed by atoms with Crippen LogP contribution < -0.4 is 5.32 Å². The lowest BCUT2D eigenvalue weighted by molar-refractivity contribution is 0.530. The third-order valence-electron chi connectivity index (χ3n) is 2.75. The first-order valence-electron chi connectivity index (χ1n) is 6.22. The number of aryl methyl sites for hydroxylation is 3. The molecule has 0 bridgehead atoms. The van der Waals surface area contributed by atoms with Gasteiger partial charge in [0, 0.05) is 37.4 Å². The second-order valence-corrected chi connectivity index (χ2v) is 4.38. The number of rotatable bonds is 6. The van der Waals surface area contributed by atoms with Crippen LogP contribution in [0, 0.1) is 13.8 Å². The molecule has 0 aliphatic rings. The van der Waals surface area contributed by atoms with Crippen molar-refractivity contribution < 1.29 is 0 Å². The summed E-state index contributed by atoms with van der Waals surface area (Å²) in [7, 11) is 0. The van der Waals surface area contributed by atoms with Crippen molar-refractivity contribution >= 4 is 0 Å². The molecule has 0 saturated carbocycles. The molecular weight excluding hydrogens is 226 g/mol. The van der Waals surface area contributed by atoms with Gasteiger partial charge in [0.1, 0.15) is 0 Å². The average molecular weight is 245 g/mol. The first-order valence-corrected chi connectivity index (χ1v) is 6.22. The maximum Gasteiger partial charge on any atom is 0.0724 e. The lowest BCUT2D eigenvalue weighted by atomic mass is 10.3. The van der Waals surface area contributed by atoms with E-state index in [0.29, 0.717) is 0 Å². The Morgan fingerprint density at radius 3 is 2.83 bits per heavy atom. The summed E-state index contributed by atoms with van der Waals surface area (Å²) in [6.45, 7) is 6.79. The van der Waals surface area contributed by atoms with Crippen molar-refractivity contribution in [1.82, 2.24) is 25.1 Å². The molecule has 96 valence electrons. The highest BCUT2D eigenvalue weighted by Gasteiger charge is 2.00. The molecule has 2 heterocycles. The summed E-state index contributed by atoms with van der Waals surface area (Å²) >= 11 is 0. The second-order valence-electron chi connectivity index (χ2n) is 4.38. The van der Waals surface area contributed by atoms with E-state index in [0.717, 1.165) is 37.4 Å². The predicted molar refractivity (Wildman–Crippen MR) is 70.1 cm³/mol. The van der Waals surface area contributed by atoms with Gasteiger partial charge < -0.3 is 5.32 Å². The van der Waals surface area contributed by atoms with E-state index in [4.69, 9.17) is 0 Å². The van der Waals surface area contributed by atoms with E-state index in [1.54, 1.807) is 18.6 Å².